The van der Waals surface area contributed by atoms with Crippen LogP contribution in [0.5, 0.6) is 23.0 Å². The molecule has 0 atom stereocenters. The van der Waals surface area contributed by atoms with Crippen LogP contribution in [0.15, 0.2) is 66.7 Å². The molecule has 2 saturated heterocycles. The number of rotatable bonds is 10. The zero-order chi connectivity index (χ0) is 32.7. The Hall–Kier alpha value is -4.15. The normalized spacial score (nSPS) is 16.7. The summed E-state index contributed by atoms with van der Waals surface area (Å²) in [5.74, 6) is 1.64. The van der Waals surface area contributed by atoms with Gasteiger partial charge in [-0.05, 0) is 86.6 Å². The summed E-state index contributed by atoms with van der Waals surface area (Å²) in [6.07, 6.45) is 4.62. The van der Waals surface area contributed by atoms with E-state index < -0.39 is 5.60 Å². The molecule has 3 N–H and O–H groups in total. The molecule has 3 aromatic rings. The van der Waals surface area contributed by atoms with E-state index in [9.17, 15) is 24.2 Å². The van der Waals surface area contributed by atoms with Crippen molar-refractivity contribution < 1.29 is 33.7 Å². The van der Waals surface area contributed by atoms with E-state index in [2.05, 4.69) is 19.2 Å². The van der Waals surface area contributed by atoms with Gasteiger partial charge in [-0.25, -0.2) is 9.18 Å². The number of hydrogen-bond acceptors (Lipinski definition) is 6. The third-order valence-corrected chi connectivity index (χ3v) is 9.07. The maximum absolute atomic E-state index is 13.5. The fourth-order valence-corrected chi connectivity index (χ4v) is 6.10. The first-order chi connectivity index (χ1) is 22.1. The highest BCUT2D eigenvalue weighted by molar-refractivity contribution is 5.94. The Morgan fingerprint density at radius 1 is 0.848 bits per heavy atom. The lowest BCUT2D eigenvalue weighted by Gasteiger charge is -2.39. The molecule has 9 nitrogen and oxygen atoms in total. The average Bonchev–Trinajstić information content (AvgIpc) is 3.05. The van der Waals surface area contributed by atoms with E-state index in [0.29, 0.717) is 92.0 Å². The predicted octanol–water partition coefficient (Wildman–Crippen LogP) is 7.19. The predicted molar refractivity (Wildman–Crippen MR) is 174 cm³/mol. The summed E-state index contributed by atoms with van der Waals surface area (Å²) in [5.41, 5.74) is 0.211. The first kappa shape index (κ1) is 33.2. The van der Waals surface area contributed by atoms with Gasteiger partial charge in [-0.1, -0.05) is 26.7 Å². The minimum Gasteiger partial charge on any atom is -0.457 e. The summed E-state index contributed by atoms with van der Waals surface area (Å²) in [6.45, 7) is 6.22. The molecular weight excluding hydrogens is 589 g/mol. The lowest BCUT2D eigenvalue weighted by molar-refractivity contribution is -0.0309. The molecule has 0 aliphatic carbocycles. The van der Waals surface area contributed by atoms with Crippen LogP contribution in [0.25, 0.3) is 0 Å². The number of amides is 3. The minimum atomic E-state index is -0.756. The lowest BCUT2D eigenvalue weighted by Crippen LogP contribution is -2.48. The number of ether oxygens (including phenoxy) is 2. The third-order valence-electron chi connectivity index (χ3n) is 9.07. The van der Waals surface area contributed by atoms with Crippen LogP contribution >= 0.6 is 0 Å². The second kappa shape index (κ2) is 15.0. The zero-order valence-corrected chi connectivity index (χ0v) is 26.6. The van der Waals surface area contributed by atoms with Crippen LogP contribution in [0.2, 0.25) is 0 Å². The number of anilines is 1. The van der Waals surface area contributed by atoms with E-state index in [1.54, 1.807) is 52.3 Å². The summed E-state index contributed by atoms with van der Waals surface area (Å²) in [7, 11) is 0. The van der Waals surface area contributed by atoms with Crippen LogP contribution in [-0.4, -0.2) is 69.8 Å². The maximum atomic E-state index is 13.5. The number of carbonyl (C=O) groups is 2. The highest BCUT2D eigenvalue weighted by atomic mass is 19.1. The monoisotopic (exact) mass is 633 g/mol. The molecule has 3 amide bonds. The van der Waals surface area contributed by atoms with Gasteiger partial charge in [0.25, 0.3) is 5.91 Å². The maximum Gasteiger partial charge on any atom is 0.321 e. The molecule has 10 heteroatoms. The Bertz CT molecular complexity index is 1460. The molecule has 46 heavy (non-hydrogen) atoms. The molecule has 0 bridgehead atoms. The molecule has 3 aromatic carbocycles. The second-order valence-corrected chi connectivity index (χ2v) is 12.4. The number of nitrogens with zero attached hydrogens (tertiary/aromatic N) is 2. The number of nitrogens with one attached hydrogen (secondary N) is 1. The van der Waals surface area contributed by atoms with Crippen LogP contribution in [0.4, 0.5) is 14.9 Å². The Morgan fingerprint density at radius 3 is 1.93 bits per heavy atom. The van der Waals surface area contributed by atoms with Crippen LogP contribution in [0.1, 0.15) is 69.2 Å². The summed E-state index contributed by atoms with van der Waals surface area (Å²) < 4.78 is 25.6. The Labute approximate surface area is 269 Å². The van der Waals surface area contributed by atoms with Crippen molar-refractivity contribution in [1.29, 1.82) is 0 Å². The number of likely N-dealkylation sites (tertiary alicyclic amines) is 2. The first-order valence-electron chi connectivity index (χ1n) is 16.2. The third kappa shape index (κ3) is 8.76. The fraction of sp³-hybridized carbons (Fsp3) is 0.444. The van der Waals surface area contributed by atoms with Gasteiger partial charge in [-0.3, -0.25) is 4.79 Å². The van der Waals surface area contributed by atoms with Gasteiger partial charge in [0.1, 0.15) is 28.8 Å². The SMILES string of the molecule is CCC(CC)CC1(O)CCN(C(=O)Nc2cc(Oc3ccc(F)cc3)cc(Oc3ccc(C(=O)N4CCC(O)CC4)cc3)c2)CC1. The molecule has 2 fully saturated rings. The second-order valence-electron chi connectivity index (χ2n) is 12.4. The van der Waals surface area contributed by atoms with E-state index in [-0.39, 0.29) is 23.9 Å². The van der Waals surface area contributed by atoms with E-state index in [1.165, 1.54) is 24.3 Å². The molecule has 0 saturated carbocycles. The molecule has 0 unspecified atom stereocenters. The number of carbonyl (C=O) groups excluding carboxylic acids is 2. The van der Waals surface area contributed by atoms with Crippen LogP contribution in [0, 0.1) is 11.7 Å². The number of halogens is 1. The minimum absolute atomic E-state index is 0.0927. The van der Waals surface area contributed by atoms with Crippen molar-refractivity contribution in [2.24, 2.45) is 5.92 Å². The lowest BCUT2D eigenvalue weighted by atomic mass is 9.81. The highest BCUT2D eigenvalue weighted by Gasteiger charge is 2.35. The van der Waals surface area contributed by atoms with Gasteiger partial charge in [-0.15, -0.1) is 0 Å². The molecule has 2 heterocycles. The summed E-state index contributed by atoms with van der Waals surface area (Å²) in [5, 5.41) is 23.8. The van der Waals surface area contributed by atoms with Crippen LogP contribution in [0.3, 0.4) is 0 Å². The standard InChI is InChI=1S/C36H44FN3O6/c1-3-25(4-2)24-36(44)15-19-40(20-16-36)35(43)38-28-21-32(23-33(22-28)46-31-11-7-27(37)8-12-31)45-30-9-5-26(6-10-30)34(42)39-17-13-29(41)14-18-39/h5-12,21-23,25,29,41,44H,3-4,13-20,24H2,1-2H3,(H,38,43). The van der Waals surface area contributed by atoms with Gasteiger partial charge in [0.2, 0.25) is 0 Å². The molecule has 0 spiro atoms. The van der Waals surface area contributed by atoms with Gasteiger partial charge in [-0.2, -0.15) is 0 Å². The molecule has 2 aliphatic heterocycles. The summed E-state index contributed by atoms with van der Waals surface area (Å²) >= 11 is 0. The number of piperidine rings is 2. The van der Waals surface area contributed by atoms with Gasteiger partial charge in [0.05, 0.1) is 11.7 Å². The Balaban J connectivity index is 1.28. The van der Waals surface area contributed by atoms with E-state index in [0.717, 1.165) is 19.3 Å². The molecule has 0 aromatic heterocycles. The van der Waals surface area contributed by atoms with Crippen molar-refractivity contribution in [3.05, 3.63) is 78.1 Å². The van der Waals surface area contributed by atoms with Gasteiger partial charge in [0.15, 0.2) is 0 Å². The molecule has 246 valence electrons. The topological polar surface area (TPSA) is 112 Å². The molecule has 2 aliphatic rings. The smallest absolute Gasteiger partial charge is 0.321 e. The van der Waals surface area contributed by atoms with E-state index in [4.69, 9.17) is 9.47 Å². The Morgan fingerprint density at radius 2 is 1.39 bits per heavy atom. The van der Waals surface area contributed by atoms with Crippen molar-refractivity contribution in [2.75, 3.05) is 31.5 Å². The highest BCUT2D eigenvalue weighted by Crippen LogP contribution is 2.34. The van der Waals surface area contributed by atoms with Crippen molar-refractivity contribution in [3.8, 4) is 23.0 Å². The van der Waals surface area contributed by atoms with Crippen LogP contribution in [-0.2, 0) is 0 Å². The Kier molecular flexibility index (Phi) is 10.8. The van der Waals surface area contributed by atoms with E-state index in [1.807, 2.05) is 0 Å². The molecular formula is C36H44FN3O6. The summed E-state index contributed by atoms with van der Waals surface area (Å²) in [4.78, 5) is 29.7. The van der Waals surface area contributed by atoms with Crippen molar-refractivity contribution in [1.82, 2.24) is 9.80 Å². The van der Waals surface area contributed by atoms with Crippen molar-refractivity contribution in [3.63, 3.8) is 0 Å². The quantitative estimate of drug-likeness (QED) is 0.218. The zero-order valence-electron chi connectivity index (χ0n) is 26.6. The average molecular weight is 634 g/mol. The number of urea groups is 1. The number of aliphatic hydroxyl groups excluding tert-OH is 1. The molecule has 0 radical (unpaired) electrons. The van der Waals surface area contributed by atoms with Gasteiger partial charge < -0.3 is 34.8 Å². The fourth-order valence-electron chi connectivity index (χ4n) is 6.10. The van der Waals surface area contributed by atoms with Crippen molar-refractivity contribution >= 4 is 17.6 Å². The van der Waals surface area contributed by atoms with E-state index >= 15 is 0 Å². The number of aliphatic hydroxyl groups is 2. The molecule has 5 rings (SSSR count). The summed E-state index contributed by atoms with van der Waals surface area (Å²) in [6, 6.07) is 17.1. The largest absolute Gasteiger partial charge is 0.457 e. The van der Waals surface area contributed by atoms with Crippen LogP contribution < -0.4 is 14.8 Å². The number of hydrogen-bond donors (Lipinski definition) is 3. The van der Waals surface area contributed by atoms with Crippen molar-refractivity contribution in [2.45, 2.75) is 70.5 Å². The first-order valence-corrected chi connectivity index (χ1v) is 16.2. The van der Waals surface area contributed by atoms with Gasteiger partial charge in [0, 0.05) is 55.6 Å². The number of benzene rings is 3. The van der Waals surface area contributed by atoms with Gasteiger partial charge >= 0.3 is 6.03 Å².